The molecule has 0 aromatic heterocycles. The molecule has 5 rings (SSSR count). The minimum Gasteiger partial charge on any atom is -0.476 e. The Morgan fingerprint density at radius 1 is 0.970 bits per heavy atom. The lowest BCUT2D eigenvalue weighted by molar-refractivity contribution is -0.142. The van der Waals surface area contributed by atoms with Crippen molar-refractivity contribution in [3.8, 4) is 5.75 Å². The molecule has 2 aromatic carbocycles. The lowest BCUT2D eigenvalue weighted by atomic mass is 10.1. The van der Waals surface area contributed by atoms with Crippen LogP contribution in [-0.4, -0.2) is 73.0 Å². The highest BCUT2D eigenvalue weighted by Gasteiger charge is 2.36. The number of morpholine rings is 1. The smallest absolute Gasteiger partial charge is 0.265 e. The Morgan fingerprint density at radius 2 is 1.73 bits per heavy atom. The quantitative estimate of drug-likeness (QED) is 0.714. The van der Waals surface area contributed by atoms with Crippen LogP contribution in [0.2, 0.25) is 0 Å². The Bertz CT molecular complexity index is 1050. The van der Waals surface area contributed by atoms with Crippen LogP contribution in [0.5, 0.6) is 5.75 Å². The van der Waals surface area contributed by atoms with Crippen LogP contribution < -0.4 is 9.64 Å². The van der Waals surface area contributed by atoms with Gasteiger partial charge in [0, 0.05) is 38.2 Å². The van der Waals surface area contributed by atoms with Gasteiger partial charge in [0.25, 0.3) is 11.8 Å². The van der Waals surface area contributed by atoms with Crippen LogP contribution in [0.25, 0.3) is 0 Å². The summed E-state index contributed by atoms with van der Waals surface area (Å²) in [6.45, 7) is 3.55. The molecule has 2 saturated heterocycles. The van der Waals surface area contributed by atoms with Crippen molar-refractivity contribution < 1.29 is 23.9 Å². The van der Waals surface area contributed by atoms with Crippen LogP contribution in [0.15, 0.2) is 48.5 Å². The molecule has 8 nitrogen and oxygen atoms in total. The van der Waals surface area contributed by atoms with Crippen molar-refractivity contribution in [1.29, 1.82) is 0 Å². The maximum atomic E-state index is 13.5. The third-order valence-corrected chi connectivity index (χ3v) is 6.36. The second-order valence-corrected chi connectivity index (χ2v) is 8.54. The number of benzene rings is 2. The van der Waals surface area contributed by atoms with Gasteiger partial charge in [-0.25, -0.2) is 0 Å². The summed E-state index contributed by atoms with van der Waals surface area (Å²) in [7, 11) is 0. The average molecular weight is 450 g/mol. The van der Waals surface area contributed by atoms with Crippen molar-refractivity contribution in [1.82, 2.24) is 9.80 Å². The number of para-hydroxylation sites is 2. The zero-order valence-corrected chi connectivity index (χ0v) is 18.4. The van der Waals surface area contributed by atoms with E-state index in [1.807, 2.05) is 35.2 Å². The fourth-order valence-corrected chi connectivity index (χ4v) is 4.54. The molecule has 3 amide bonds. The molecule has 3 aliphatic rings. The maximum Gasteiger partial charge on any atom is 0.265 e. The number of rotatable bonds is 4. The van der Waals surface area contributed by atoms with Crippen LogP contribution in [0.4, 0.5) is 5.69 Å². The molecule has 8 heteroatoms. The van der Waals surface area contributed by atoms with Crippen LogP contribution in [0, 0.1) is 0 Å². The molecule has 0 radical (unpaired) electrons. The van der Waals surface area contributed by atoms with Crippen molar-refractivity contribution in [3.63, 3.8) is 0 Å². The molecule has 0 spiro atoms. The standard InChI is InChI=1S/C25H27N3O5/c29-23-6-3-11-27(23)16-18-7-9-19(10-8-18)24(30)28-17-22(25(31)26-12-14-32-15-13-26)33-21-5-2-1-4-20(21)28/h1-2,4-5,7-10,22H,3,6,11-17H2/t22-/m1/s1. The van der Waals surface area contributed by atoms with E-state index in [0.29, 0.717) is 56.3 Å². The van der Waals surface area contributed by atoms with Gasteiger partial charge in [-0.2, -0.15) is 0 Å². The van der Waals surface area contributed by atoms with E-state index in [-0.39, 0.29) is 24.3 Å². The largest absolute Gasteiger partial charge is 0.476 e. The minimum absolute atomic E-state index is 0.128. The Labute approximate surface area is 192 Å². The second kappa shape index (κ2) is 9.23. The highest BCUT2D eigenvalue weighted by molar-refractivity contribution is 6.08. The average Bonchev–Trinajstić information content (AvgIpc) is 3.27. The summed E-state index contributed by atoms with van der Waals surface area (Å²) in [5, 5.41) is 0. The first-order valence-electron chi connectivity index (χ1n) is 11.4. The van der Waals surface area contributed by atoms with Crippen molar-refractivity contribution >= 4 is 23.4 Å². The lowest BCUT2D eigenvalue weighted by Crippen LogP contribution is -2.54. The Morgan fingerprint density at radius 3 is 2.45 bits per heavy atom. The Balaban J connectivity index is 1.34. The molecule has 0 saturated carbocycles. The van der Waals surface area contributed by atoms with Gasteiger partial charge in [-0.1, -0.05) is 24.3 Å². The SMILES string of the molecule is O=C1CCCN1Cc1ccc(C(=O)N2C[C@H](C(=O)N3CCOCC3)Oc3ccccc32)cc1. The van der Waals surface area contributed by atoms with E-state index in [0.717, 1.165) is 18.5 Å². The highest BCUT2D eigenvalue weighted by Crippen LogP contribution is 2.34. The molecule has 0 bridgehead atoms. The summed E-state index contributed by atoms with van der Waals surface area (Å²) >= 11 is 0. The fourth-order valence-electron chi connectivity index (χ4n) is 4.54. The molecular formula is C25H27N3O5. The van der Waals surface area contributed by atoms with Crippen molar-refractivity contribution in [2.45, 2.75) is 25.5 Å². The number of nitrogens with zero attached hydrogens (tertiary/aromatic N) is 3. The van der Waals surface area contributed by atoms with Crippen LogP contribution in [-0.2, 0) is 20.9 Å². The summed E-state index contributed by atoms with van der Waals surface area (Å²) in [6.07, 6.45) is 0.746. The van der Waals surface area contributed by atoms with E-state index in [1.54, 1.807) is 28.0 Å². The highest BCUT2D eigenvalue weighted by atomic mass is 16.5. The number of carbonyl (C=O) groups is 3. The summed E-state index contributed by atoms with van der Waals surface area (Å²) in [5.74, 6) is 0.384. The van der Waals surface area contributed by atoms with Crippen molar-refractivity contribution in [3.05, 3.63) is 59.7 Å². The van der Waals surface area contributed by atoms with E-state index in [1.165, 1.54) is 0 Å². The number of carbonyl (C=O) groups excluding carboxylic acids is 3. The Kier molecular flexibility index (Phi) is 6.00. The van der Waals surface area contributed by atoms with Crippen LogP contribution in [0.3, 0.4) is 0 Å². The molecule has 1 atom stereocenters. The van der Waals surface area contributed by atoms with Gasteiger partial charge in [0.05, 0.1) is 25.4 Å². The van der Waals surface area contributed by atoms with Gasteiger partial charge in [-0.15, -0.1) is 0 Å². The first kappa shape index (κ1) is 21.5. The van der Waals surface area contributed by atoms with Gasteiger partial charge >= 0.3 is 0 Å². The molecule has 172 valence electrons. The molecule has 3 heterocycles. The van der Waals surface area contributed by atoms with Gasteiger partial charge in [0.15, 0.2) is 6.10 Å². The zero-order chi connectivity index (χ0) is 22.8. The summed E-state index contributed by atoms with van der Waals surface area (Å²) < 4.78 is 11.4. The fraction of sp³-hybridized carbons (Fsp3) is 0.400. The minimum atomic E-state index is -0.762. The maximum absolute atomic E-state index is 13.5. The van der Waals surface area contributed by atoms with Crippen LogP contribution >= 0.6 is 0 Å². The Hall–Kier alpha value is -3.39. The first-order chi connectivity index (χ1) is 16.1. The third kappa shape index (κ3) is 4.43. The molecular weight excluding hydrogens is 422 g/mol. The molecule has 0 aliphatic carbocycles. The predicted octanol–water partition coefficient (Wildman–Crippen LogP) is 2.08. The number of hydrogen-bond acceptors (Lipinski definition) is 5. The van der Waals surface area contributed by atoms with E-state index in [4.69, 9.17) is 9.47 Å². The number of fused-ring (bicyclic) bond motifs is 1. The molecule has 0 unspecified atom stereocenters. The third-order valence-electron chi connectivity index (χ3n) is 6.36. The van der Waals surface area contributed by atoms with E-state index < -0.39 is 6.10 Å². The molecule has 0 N–H and O–H groups in total. The molecule has 2 fully saturated rings. The van der Waals surface area contributed by atoms with Gasteiger partial charge in [0.1, 0.15) is 5.75 Å². The summed E-state index contributed by atoms with van der Waals surface area (Å²) in [5.41, 5.74) is 2.17. The molecule has 33 heavy (non-hydrogen) atoms. The normalized spacial score (nSPS) is 20.4. The van der Waals surface area contributed by atoms with E-state index in [2.05, 4.69) is 0 Å². The number of hydrogen-bond donors (Lipinski definition) is 0. The first-order valence-corrected chi connectivity index (χ1v) is 11.4. The summed E-state index contributed by atoms with van der Waals surface area (Å²) in [6, 6.07) is 14.6. The topological polar surface area (TPSA) is 79.4 Å². The number of ether oxygens (including phenoxy) is 2. The van der Waals surface area contributed by atoms with E-state index in [9.17, 15) is 14.4 Å². The number of anilines is 1. The van der Waals surface area contributed by atoms with Gasteiger partial charge in [-0.05, 0) is 36.2 Å². The van der Waals surface area contributed by atoms with Gasteiger partial charge < -0.3 is 24.2 Å². The predicted molar refractivity (Wildman–Crippen MR) is 121 cm³/mol. The van der Waals surface area contributed by atoms with E-state index >= 15 is 0 Å². The second-order valence-electron chi connectivity index (χ2n) is 8.54. The monoisotopic (exact) mass is 449 g/mol. The number of likely N-dealkylation sites (tertiary alicyclic amines) is 1. The van der Waals surface area contributed by atoms with Crippen LogP contribution in [0.1, 0.15) is 28.8 Å². The zero-order valence-electron chi connectivity index (χ0n) is 18.4. The van der Waals surface area contributed by atoms with Crippen molar-refractivity contribution in [2.75, 3.05) is 44.3 Å². The van der Waals surface area contributed by atoms with Crippen molar-refractivity contribution in [2.24, 2.45) is 0 Å². The summed E-state index contributed by atoms with van der Waals surface area (Å²) in [4.78, 5) is 43.7. The number of amides is 3. The molecule has 2 aromatic rings. The van der Waals surface area contributed by atoms with Gasteiger partial charge in [0.2, 0.25) is 5.91 Å². The lowest BCUT2D eigenvalue weighted by Gasteiger charge is -2.37. The molecule has 3 aliphatic heterocycles. The van der Waals surface area contributed by atoms with Gasteiger partial charge in [-0.3, -0.25) is 14.4 Å².